The molecule has 4 nitrogen and oxygen atoms in total. The summed E-state index contributed by atoms with van der Waals surface area (Å²) in [5, 5.41) is 0. The van der Waals surface area contributed by atoms with Gasteiger partial charge >= 0.3 is 0 Å². The molecule has 2 N–H and O–H groups in total. The van der Waals surface area contributed by atoms with Gasteiger partial charge in [-0.1, -0.05) is 12.1 Å². The second-order valence-corrected chi connectivity index (χ2v) is 4.76. The standard InChI is InChI=1S/C15H20N4/c1-12-5-3-7-14(18-12)11-19(2)10-13-6-4-8-17-15(13)9-16/h3-8H,9-11,16H2,1-2H3. The average molecular weight is 256 g/mol. The molecule has 2 rings (SSSR count). The number of aryl methyl sites for hydroxylation is 1. The van der Waals surface area contributed by atoms with Crippen molar-refractivity contribution < 1.29 is 0 Å². The Hall–Kier alpha value is -1.78. The maximum Gasteiger partial charge on any atom is 0.0584 e. The maximum absolute atomic E-state index is 5.71. The summed E-state index contributed by atoms with van der Waals surface area (Å²) in [5.41, 5.74) is 9.99. The van der Waals surface area contributed by atoms with Gasteiger partial charge in [0, 0.05) is 31.5 Å². The first kappa shape index (κ1) is 13.6. The molecule has 2 aromatic heterocycles. The molecule has 0 bridgehead atoms. The van der Waals surface area contributed by atoms with Crippen molar-refractivity contribution >= 4 is 0 Å². The summed E-state index contributed by atoms with van der Waals surface area (Å²) in [7, 11) is 2.08. The lowest BCUT2D eigenvalue weighted by Gasteiger charge is -2.17. The van der Waals surface area contributed by atoms with Crippen LogP contribution in [0.15, 0.2) is 36.5 Å². The lowest BCUT2D eigenvalue weighted by atomic mass is 10.2. The van der Waals surface area contributed by atoms with Crippen LogP contribution in [0.2, 0.25) is 0 Å². The van der Waals surface area contributed by atoms with E-state index >= 15 is 0 Å². The van der Waals surface area contributed by atoms with Crippen LogP contribution in [-0.4, -0.2) is 21.9 Å². The normalized spacial score (nSPS) is 10.9. The Morgan fingerprint density at radius 1 is 1.16 bits per heavy atom. The van der Waals surface area contributed by atoms with Crippen LogP contribution in [0.1, 0.15) is 22.6 Å². The van der Waals surface area contributed by atoms with Gasteiger partial charge in [0.05, 0.1) is 11.4 Å². The van der Waals surface area contributed by atoms with Gasteiger partial charge in [0.15, 0.2) is 0 Å². The summed E-state index contributed by atoms with van der Waals surface area (Å²) in [6, 6.07) is 10.1. The van der Waals surface area contributed by atoms with Crippen LogP contribution in [0.4, 0.5) is 0 Å². The number of hydrogen-bond donors (Lipinski definition) is 1. The molecule has 0 spiro atoms. The minimum Gasteiger partial charge on any atom is -0.325 e. The Morgan fingerprint density at radius 2 is 2.00 bits per heavy atom. The SMILES string of the molecule is Cc1cccc(CN(C)Cc2cccnc2CN)n1. The van der Waals surface area contributed by atoms with Crippen LogP contribution < -0.4 is 5.73 Å². The maximum atomic E-state index is 5.71. The molecule has 2 aromatic rings. The summed E-state index contributed by atoms with van der Waals surface area (Å²) in [6.07, 6.45) is 1.79. The number of aromatic nitrogens is 2. The van der Waals surface area contributed by atoms with Gasteiger partial charge in [0.1, 0.15) is 0 Å². The molecule has 0 aliphatic heterocycles. The van der Waals surface area contributed by atoms with Gasteiger partial charge in [0.25, 0.3) is 0 Å². The fraction of sp³-hybridized carbons (Fsp3) is 0.333. The summed E-state index contributed by atoms with van der Waals surface area (Å²) >= 11 is 0. The lowest BCUT2D eigenvalue weighted by Crippen LogP contribution is -2.20. The smallest absolute Gasteiger partial charge is 0.0584 e. The Morgan fingerprint density at radius 3 is 2.74 bits per heavy atom. The lowest BCUT2D eigenvalue weighted by molar-refractivity contribution is 0.313. The van der Waals surface area contributed by atoms with Crippen molar-refractivity contribution in [3.05, 3.63) is 59.2 Å². The number of hydrogen-bond acceptors (Lipinski definition) is 4. The molecule has 0 aliphatic carbocycles. The van der Waals surface area contributed by atoms with Crippen molar-refractivity contribution in [1.82, 2.24) is 14.9 Å². The van der Waals surface area contributed by atoms with Crippen LogP contribution in [0.3, 0.4) is 0 Å². The second-order valence-electron chi connectivity index (χ2n) is 4.76. The highest BCUT2D eigenvalue weighted by Crippen LogP contribution is 2.10. The molecule has 2 heterocycles. The fourth-order valence-electron chi connectivity index (χ4n) is 2.11. The summed E-state index contributed by atoms with van der Waals surface area (Å²) in [5.74, 6) is 0. The van der Waals surface area contributed by atoms with E-state index < -0.39 is 0 Å². The van der Waals surface area contributed by atoms with Crippen LogP contribution in [0.5, 0.6) is 0 Å². The molecule has 19 heavy (non-hydrogen) atoms. The fourth-order valence-corrected chi connectivity index (χ4v) is 2.11. The topological polar surface area (TPSA) is 55.0 Å². The Balaban J connectivity index is 2.03. The molecule has 0 saturated heterocycles. The third-order valence-electron chi connectivity index (χ3n) is 3.00. The number of nitrogens with zero attached hydrogens (tertiary/aromatic N) is 3. The zero-order chi connectivity index (χ0) is 13.7. The summed E-state index contributed by atoms with van der Waals surface area (Å²) < 4.78 is 0. The minimum atomic E-state index is 0.479. The van der Waals surface area contributed by atoms with Gasteiger partial charge in [0.2, 0.25) is 0 Å². The zero-order valence-electron chi connectivity index (χ0n) is 11.5. The molecule has 0 unspecified atom stereocenters. The first-order valence-electron chi connectivity index (χ1n) is 6.43. The van der Waals surface area contributed by atoms with Crippen LogP contribution in [-0.2, 0) is 19.6 Å². The molecule has 4 heteroatoms. The average Bonchev–Trinajstić information content (AvgIpc) is 2.39. The molecule has 100 valence electrons. The molecule has 0 fully saturated rings. The van der Waals surface area contributed by atoms with Crippen LogP contribution >= 0.6 is 0 Å². The predicted molar refractivity (Wildman–Crippen MR) is 76.3 cm³/mol. The summed E-state index contributed by atoms with van der Waals surface area (Å²) in [6.45, 7) is 4.14. The highest BCUT2D eigenvalue weighted by atomic mass is 15.1. The first-order valence-corrected chi connectivity index (χ1v) is 6.43. The van der Waals surface area contributed by atoms with Crippen molar-refractivity contribution in [2.75, 3.05) is 7.05 Å². The highest BCUT2D eigenvalue weighted by Gasteiger charge is 2.06. The number of pyridine rings is 2. The van der Waals surface area contributed by atoms with Gasteiger partial charge < -0.3 is 5.73 Å². The molecule has 0 saturated carbocycles. The van der Waals surface area contributed by atoms with Gasteiger partial charge in [-0.25, -0.2) is 0 Å². The van der Waals surface area contributed by atoms with Crippen LogP contribution in [0, 0.1) is 6.92 Å². The van der Waals surface area contributed by atoms with E-state index in [0.29, 0.717) is 6.54 Å². The molecule has 0 aliphatic rings. The number of rotatable bonds is 5. The van der Waals surface area contributed by atoms with Crippen molar-refractivity contribution in [3.8, 4) is 0 Å². The van der Waals surface area contributed by atoms with Gasteiger partial charge in [-0.3, -0.25) is 14.9 Å². The Bertz CT molecular complexity index is 539. The third kappa shape index (κ3) is 3.84. The Labute approximate surface area is 114 Å². The molecular weight excluding hydrogens is 236 g/mol. The second kappa shape index (κ2) is 6.41. The first-order chi connectivity index (χ1) is 9.19. The molecule has 0 aromatic carbocycles. The van der Waals surface area contributed by atoms with Crippen molar-refractivity contribution in [1.29, 1.82) is 0 Å². The quantitative estimate of drug-likeness (QED) is 0.887. The molecular formula is C15H20N4. The van der Waals surface area contributed by atoms with Crippen molar-refractivity contribution in [2.45, 2.75) is 26.6 Å². The van der Waals surface area contributed by atoms with E-state index in [1.807, 2.05) is 25.1 Å². The highest BCUT2D eigenvalue weighted by molar-refractivity contribution is 5.19. The van der Waals surface area contributed by atoms with Gasteiger partial charge in [-0.2, -0.15) is 0 Å². The van der Waals surface area contributed by atoms with E-state index in [1.165, 1.54) is 5.56 Å². The number of nitrogens with two attached hydrogens (primary N) is 1. The van der Waals surface area contributed by atoms with Crippen LogP contribution in [0.25, 0.3) is 0 Å². The van der Waals surface area contributed by atoms with Crippen molar-refractivity contribution in [2.24, 2.45) is 5.73 Å². The third-order valence-corrected chi connectivity index (χ3v) is 3.00. The van der Waals surface area contributed by atoms with E-state index in [0.717, 1.165) is 30.2 Å². The minimum absolute atomic E-state index is 0.479. The Kier molecular flexibility index (Phi) is 4.60. The van der Waals surface area contributed by atoms with Gasteiger partial charge in [-0.15, -0.1) is 0 Å². The summed E-state index contributed by atoms with van der Waals surface area (Å²) in [4.78, 5) is 11.0. The largest absolute Gasteiger partial charge is 0.325 e. The molecule has 0 radical (unpaired) electrons. The van der Waals surface area contributed by atoms with E-state index in [9.17, 15) is 0 Å². The molecule has 0 atom stereocenters. The van der Waals surface area contributed by atoms with Gasteiger partial charge in [-0.05, 0) is 37.7 Å². The molecule has 0 amide bonds. The van der Waals surface area contributed by atoms with E-state index in [2.05, 4.69) is 34.0 Å². The van der Waals surface area contributed by atoms with E-state index in [-0.39, 0.29) is 0 Å². The van der Waals surface area contributed by atoms with E-state index in [1.54, 1.807) is 6.20 Å². The zero-order valence-corrected chi connectivity index (χ0v) is 11.5. The predicted octanol–water partition coefficient (Wildman–Crippen LogP) is 1.88. The van der Waals surface area contributed by atoms with E-state index in [4.69, 9.17) is 5.73 Å². The monoisotopic (exact) mass is 256 g/mol. The van der Waals surface area contributed by atoms with Crippen molar-refractivity contribution in [3.63, 3.8) is 0 Å².